The summed E-state index contributed by atoms with van der Waals surface area (Å²) in [6.07, 6.45) is 6.46. The molecule has 1 heterocycles. The number of nitrogens with zero attached hydrogens (tertiary/aromatic N) is 1. The summed E-state index contributed by atoms with van der Waals surface area (Å²) in [5, 5.41) is -0.521. The van der Waals surface area contributed by atoms with Crippen LogP contribution in [0.4, 0.5) is 4.79 Å². The molecule has 2 rings (SSSR count). The van der Waals surface area contributed by atoms with Gasteiger partial charge in [-0.2, -0.15) is 0 Å². The van der Waals surface area contributed by atoms with Crippen LogP contribution in [-0.4, -0.2) is 48.4 Å². The number of methoxy groups -OCH3 is 1. The number of hydrogen-bond acceptors (Lipinski definition) is 7. The zero-order chi connectivity index (χ0) is 20.8. The Bertz CT molecular complexity index is 874. The summed E-state index contributed by atoms with van der Waals surface area (Å²) in [4.78, 5) is 37.5. The van der Waals surface area contributed by atoms with Gasteiger partial charge in [-0.3, -0.25) is 19.3 Å². The molecule has 2 amide bonds. The molecule has 28 heavy (non-hydrogen) atoms. The Hall–Kier alpha value is -2.19. The van der Waals surface area contributed by atoms with Crippen molar-refractivity contribution >= 4 is 57.5 Å². The minimum Gasteiger partial charge on any atom is -0.493 e. The van der Waals surface area contributed by atoms with Gasteiger partial charge in [0, 0.05) is 0 Å². The highest BCUT2D eigenvalue weighted by Gasteiger charge is 2.36. The zero-order valence-corrected chi connectivity index (χ0v) is 18.5. The van der Waals surface area contributed by atoms with E-state index in [0.717, 1.165) is 20.2 Å². The standard InChI is InChI=1S/C19H18INO6S/c1-5-6-26-17-13(20)7-12(8-14(17)25-4)9-15-18(23)21(19(24)28-15)10-16(22)27-11(2)3/h1,7-9,11H,6,10H2,2-4H3/b15-9-. The summed E-state index contributed by atoms with van der Waals surface area (Å²) in [7, 11) is 1.49. The van der Waals surface area contributed by atoms with E-state index in [1.807, 2.05) is 0 Å². The van der Waals surface area contributed by atoms with Crippen molar-refractivity contribution in [1.29, 1.82) is 0 Å². The van der Waals surface area contributed by atoms with Gasteiger partial charge in [0.15, 0.2) is 11.5 Å². The lowest BCUT2D eigenvalue weighted by molar-refractivity contribution is -0.149. The van der Waals surface area contributed by atoms with E-state index in [4.69, 9.17) is 20.6 Å². The van der Waals surface area contributed by atoms with Gasteiger partial charge in [0.05, 0.1) is 21.7 Å². The second-order valence-electron chi connectivity index (χ2n) is 5.83. The van der Waals surface area contributed by atoms with Crippen LogP contribution in [-0.2, 0) is 14.3 Å². The average molecular weight is 515 g/mol. The van der Waals surface area contributed by atoms with Crippen molar-refractivity contribution in [2.45, 2.75) is 20.0 Å². The average Bonchev–Trinajstić information content (AvgIpc) is 2.87. The summed E-state index contributed by atoms with van der Waals surface area (Å²) in [5.74, 6) is 2.16. The third-order valence-electron chi connectivity index (χ3n) is 3.38. The number of rotatable bonds is 7. The van der Waals surface area contributed by atoms with Crippen molar-refractivity contribution in [3.63, 3.8) is 0 Å². The van der Waals surface area contributed by atoms with Crippen molar-refractivity contribution in [3.8, 4) is 23.8 Å². The number of hydrogen-bond donors (Lipinski definition) is 0. The number of benzene rings is 1. The summed E-state index contributed by atoms with van der Waals surface area (Å²) in [6.45, 7) is 3.06. The number of carbonyl (C=O) groups excluding carboxylic acids is 3. The lowest BCUT2D eigenvalue weighted by Gasteiger charge is -2.13. The number of esters is 1. The molecular weight excluding hydrogens is 497 g/mol. The van der Waals surface area contributed by atoms with Crippen molar-refractivity contribution in [1.82, 2.24) is 4.90 Å². The van der Waals surface area contributed by atoms with Gasteiger partial charge in [0.2, 0.25) is 0 Å². The zero-order valence-electron chi connectivity index (χ0n) is 15.5. The predicted octanol–water partition coefficient (Wildman–Crippen LogP) is 3.30. The van der Waals surface area contributed by atoms with E-state index in [0.29, 0.717) is 17.1 Å². The quantitative estimate of drug-likeness (QED) is 0.239. The number of terminal acetylenes is 1. The minimum absolute atomic E-state index is 0.0943. The molecule has 0 radical (unpaired) electrons. The Morgan fingerprint density at radius 1 is 1.39 bits per heavy atom. The minimum atomic E-state index is -0.634. The third kappa shape index (κ3) is 5.42. The van der Waals surface area contributed by atoms with Crippen molar-refractivity contribution in [3.05, 3.63) is 26.2 Å². The molecule has 0 aromatic heterocycles. The van der Waals surface area contributed by atoms with E-state index < -0.39 is 23.7 Å². The van der Waals surface area contributed by atoms with Crippen LogP contribution in [0.15, 0.2) is 17.0 Å². The lowest BCUT2D eigenvalue weighted by atomic mass is 10.2. The molecule has 1 fully saturated rings. The van der Waals surface area contributed by atoms with Crippen LogP contribution in [0.1, 0.15) is 19.4 Å². The number of thioether (sulfide) groups is 1. The highest BCUT2D eigenvalue weighted by Crippen LogP contribution is 2.37. The van der Waals surface area contributed by atoms with Gasteiger partial charge in [-0.05, 0) is 72.0 Å². The Balaban J connectivity index is 2.25. The van der Waals surface area contributed by atoms with E-state index in [-0.39, 0.29) is 17.6 Å². The fraction of sp³-hybridized carbons (Fsp3) is 0.316. The SMILES string of the molecule is C#CCOc1c(I)cc(/C=C2\SC(=O)N(CC(=O)OC(C)C)C2=O)cc1OC. The highest BCUT2D eigenvalue weighted by molar-refractivity contribution is 14.1. The molecule has 1 aromatic carbocycles. The van der Waals surface area contributed by atoms with E-state index in [1.165, 1.54) is 7.11 Å². The Morgan fingerprint density at radius 2 is 2.11 bits per heavy atom. The normalized spacial score (nSPS) is 15.1. The first-order valence-electron chi connectivity index (χ1n) is 8.15. The molecule has 9 heteroatoms. The molecule has 1 aromatic rings. The Kier molecular flexibility index (Phi) is 7.77. The summed E-state index contributed by atoms with van der Waals surface area (Å²) >= 11 is 2.83. The largest absolute Gasteiger partial charge is 0.493 e. The summed E-state index contributed by atoms with van der Waals surface area (Å²) in [6, 6.07) is 3.45. The van der Waals surface area contributed by atoms with Crippen molar-refractivity contribution in [2.75, 3.05) is 20.3 Å². The van der Waals surface area contributed by atoms with E-state index in [1.54, 1.807) is 32.1 Å². The van der Waals surface area contributed by atoms with Gasteiger partial charge in [-0.15, -0.1) is 6.42 Å². The van der Waals surface area contributed by atoms with Gasteiger partial charge in [0.25, 0.3) is 11.1 Å². The van der Waals surface area contributed by atoms with Crippen molar-refractivity contribution in [2.24, 2.45) is 0 Å². The van der Waals surface area contributed by atoms with Gasteiger partial charge in [-0.25, -0.2) is 0 Å². The molecule has 7 nitrogen and oxygen atoms in total. The molecular formula is C19H18INO6S. The Morgan fingerprint density at radius 3 is 2.71 bits per heavy atom. The molecule has 0 saturated carbocycles. The van der Waals surface area contributed by atoms with Crippen LogP contribution >= 0.6 is 34.4 Å². The van der Waals surface area contributed by atoms with Crippen LogP contribution < -0.4 is 9.47 Å². The number of imide groups is 1. The molecule has 0 unspecified atom stereocenters. The van der Waals surface area contributed by atoms with Crippen LogP contribution in [0.2, 0.25) is 0 Å². The van der Waals surface area contributed by atoms with Crippen LogP contribution in [0.25, 0.3) is 6.08 Å². The van der Waals surface area contributed by atoms with Gasteiger partial charge in [0.1, 0.15) is 13.2 Å². The van der Waals surface area contributed by atoms with Crippen LogP contribution in [0.3, 0.4) is 0 Å². The second-order valence-corrected chi connectivity index (χ2v) is 7.99. The number of carbonyl (C=O) groups is 3. The lowest BCUT2D eigenvalue weighted by Crippen LogP contribution is -2.35. The first kappa shape index (κ1) is 22.1. The molecule has 0 spiro atoms. The van der Waals surface area contributed by atoms with Gasteiger partial charge < -0.3 is 14.2 Å². The molecule has 1 aliphatic heterocycles. The van der Waals surface area contributed by atoms with Crippen LogP contribution in [0, 0.1) is 15.9 Å². The monoisotopic (exact) mass is 515 g/mol. The fourth-order valence-corrected chi connectivity index (χ4v) is 3.91. The van der Waals surface area contributed by atoms with Gasteiger partial charge >= 0.3 is 5.97 Å². The fourth-order valence-electron chi connectivity index (χ4n) is 2.29. The topological polar surface area (TPSA) is 82.1 Å². The first-order valence-corrected chi connectivity index (χ1v) is 10.0. The van der Waals surface area contributed by atoms with E-state index in [9.17, 15) is 14.4 Å². The number of ether oxygens (including phenoxy) is 3. The third-order valence-corrected chi connectivity index (χ3v) is 5.09. The maximum Gasteiger partial charge on any atom is 0.326 e. The molecule has 0 atom stereocenters. The molecule has 0 bridgehead atoms. The number of amides is 2. The highest BCUT2D eigenvalue weighted by atomic mass is 127. The molecule has 148 valence electrons. The molecule has 1 aliphatic rings. The van der Waals surface area contributed by atoms with E-state index in [2.05, 4.69) is 28.5 Å². The smallest absolute Gasteiger partial charge is 0.326 e. The first-order chi connectivity index (χ1) is 13.3. The summed E-state index contributed by atoms with van der Waals surface area (Å²) < 4.78 is 16.5. The summed E-state index contributed by atoms with van der Waals surface area (Å²) in [5.41, 5.74) is 0.643. The second kappa shape index (κ2) is 9.84. The molecule has 1 saturated heterocycles. The molecule has 0 N–H and O–H groups in total. The predicted molar refractivity (Wildman–Crippen MR) is 114 cm³/mol. The number of halogens is 1. The maximum absolute atomic E-state index is 12.5. The Labute approximate surface area is 180 Å². The van der Waals surface area contributed by atoms with Crippen molar-refractivity contribution < 1.29 is 28.6 Å². The maximum atomic E-state index is 12.5. The van der Waals surface area contributed by atoms with Gasteiger partial charge in [-0.1, -0.05) is 5.92 Å². The van der Waals surface area contributed by atoms with E-state index >= 15 is 0 Å². The molecule has 0 aliphatic carbocycles. The van der Waals surface area contributed by atoms with Crippen LogP contribution in [0.5, 0.6) is 11.5 Å².